The minimum atomic E-state index is -0.486. The van der Waals surface area contributed by atoms with E-state index >= 15 is 0 Å². The highest BCUT2D eigenvalue weighted by molar-refractivity contribution is 5.76. The molecule has 1 aromatic carbocycles. The maximum atomic E-state index is 12.3. The van der Waals surface area contributed by atoms with E-state index in [1.165, 1.54) is 16.0 Å². The number of hydrogen-bond acceptors (Lipinski definition) is 3. The van der Waals surface area contributed by atoms with Gasteiger partial charge in [-0.3, -0.25) is 4.79 Å². The molecular weight excluding hydrogens is 344 g/mol. The molecule has 0 spiro atoms. The molecule has 2 aliphatic heterocycles. The van der Waals surface area contributed by atoms with Crippen LogP contribution in [-0.2, 0) is 17.8 Å². The zero-order chi connectivity index (χ0) is 19.1. The van der Waals surface area contributed by atoms with Crippen LogP contribution < -0.4 is 20.7 Å². The molecule has 0 aliphatic carbocycles. The van der Waals surface area contributed by atoms with Gasteiger partial charge in [0.1, 0.15) is 12.3 Å². The van der Waals surface area contributed by atoms with E-state index in [9.17, 15) is 9.59 Å². The maximum absolute atomic E-state index is 12.3. The number of rotatable bonds is 8. The number of carbonyl (C=O) groups is 2. The molecule has 0 bridgehead atoms. The van der Waals surface area contributed by atoms with Gasteiger partial charge in [-0.25, -0.2) is 4.79 Å². The van der Waals surface area contributed by atoms with Crippen molar-refractivity contribution < 1.29 is 19.2 Å². The first-order valence-corrected chi connectivity index (χ1v) is 10.0. The predicted octanol–water partition coefficient (Wildman–Crippen LogP) is 0.0773. The van der Waals surface area contributed by atoms with Crippen LogP contribution in [0.3, 0.4) is 0 Å². The number of urea groups is 1. The van der Waals surface area contributed by atoms with Crippen molar-refractivity contribution in [2.75, 3.05) is 39.3 Å². The molecular formula is C20H31N4O3+. The number of piperazine rings is 1. The lowest BCUT2D eigenvalue weighted by atomic mass is 10.1. The predicted molar refractivity (Wildman–Crippen MR) is 103 cm³/mol. The zero-order valence-corrected chi connectivity index (χ0v) is 16.0. The van der Waals surface area contributed by atoms with Gasteiger partial charge >= 0.3 is 6.03 Å². The summed E-state index contributed by atoms with van der Waals surface area (Å²) in [7, 11) is 0. The van der Waals surface area contributed by atoms with Crippen LogP contribution in [0.5, 0.6) is 5.75 Å². The fraction of sp³-hybridized carbons (Fsp3) is 0.600. The highest BCUT2D eigenvalue weighted by atomic mass is 16.5. The summed E-state index contributed by atoms with van der Waals surface area (Å²) in [5.74, 6) is 1.29. The molecule has 3 amide bonds. The zero-order valence-electron chi connectivity index (χ0n) is 16.0. The Morgan fingerprint density at radius 2 is 2.00 bits per heavy atom. The molecule has 0 saturated carbocycles. The standard InChI is InChI=1S/C20H30N4O3/c21-20(26)22-8-3-1-2-4-19(25)24-11-9-23(10-12-24)15-16-5-6-18-17(14-16)7-13-27-18/h5-6,14H,1-4,7-13,15H2,(H3,21,22,26)/p+1. The molecule has 7 nitrogen and oxygen atoms in total. The van der Waals surface area contributed by atoms with Crippen molar-refractivity contribution in [3.63, 3.8) is 0 Å². The lowest BCUT2D eigenvalue weighted by molar-refractivity contribution is -0.917. The Morgan fingerprint density at radius 1 is 1.19 bits per heavy atom. The summed E-state index contributed by atoms with van der Waals surface area (Å²) in [5, 5.41) is 2.57. The number of nitrogens with zero attached hydrogens (tertiary/aromatic N) is 1. The number of amides is 3. The summed E-state index contributed by atoms with van der Waals surface area (Å²) in [6, 6.07) is 6.05. The Balaban J connectivity index is 1.32. The number of primary amides is 1. The number of carbonyl (C=O) groups excluding carboxylic acids is 2. The number of ether oxygens (including phenoxy) is 1. The largest absolute Gasteiger partial charge is 0.493 e. The van der Waals surface area contributed by atoms with E-state index in [0.717, 1.165) is 70.8 Å². The van der Waals surface area contributed by atoms with Crippen molar-refractivity contribution in [2.45, 2.75) is 38.6 Å². The van der Waals surface area contributed by atoms with Crippen molar-refractivity contribution >= 4 is 11.9 Å². The van der Waals surface area contributed by atoms with Crippen molar-refractivity contribution in [3.8, 4) is 5.75 Å². The van der Waals surface area contributed by atoms with E-state index in [1.807, 2.05) is 4.90 Å². The summed E-state index contributed by atoms with van der Waals surface area (Å²) in [5.41, 5.74) is 7.70. The minimum Gasteiger partial charge on any atom is -0.493 e. The highest BCUT2D eigenvalue weighted by Crippen LogP contribution is 2.25. The van der Waals surface area contributed by atoms with Crippen LogP contribution in [-0.4, -0.2) is 56.2 Å². The van der Waals surface area contributed by atoms with E-state index in [-0.39, 0.29) is 5.91 Å². The van der Waals surface area contributed by atoms with Gasteiger partial charge in [0.05, 0.1) is 32.8 Å². The summed E-state index contributed by atoms with van der Waals surface area (Å²) in [6.07, 6.45) is 4.26. The Labute approximate surface area is 160 Å². The quantitative estimate of drug-likeness (QED) is 0.562. The van der Waals surface area contributed by atoms with E-state index in [1.54, 1.807) is 0 Å². The molecule has 148 valence electrons. The SMILES string of the molecule is NC(=O)NCCCCCC(=O)N1CC[NH+](Cc2ccc3c(c2)CCO3)CC1. The lowest BCUT2D eigenvalue weighted by Crippen LogP contribution is -3.13. The number of hydrogen-bond donors (Lipinski definition) is 3. The highest BCUT2D eigenvalue weighted by Gasteiger charge is 2.23. The second-order valence-electron chi connectivity index (χ2n) is 7.45. The smallest absolute Gasteiger partial charge is 0.312 e. The fourth-order valence-corrected chi connectivity index (χ4v) is 3.84. The van der Waals surface area contributed by atoms with Gasteiger partial charge in [0.2, 0.25) is 5.91 Å². The number of nitrogens with one attached hydrogen (secondary N) is 2. The summed E-state index contributed by atoms with van der Waals surface area (Å²) in [4.78, 5) is 26.5. The van der Waals surface area contributed by atoms with Gasteiger partial charge in [-0.05, 0) is 36.6 Å². The first kappa shape index (κ1) is 19.5. The molecule has 1 saturated heterocycles. The molecule has 2 aliphatic rings. The average Bonchev–Trinajstić information content (AvgIpc) is 3.12. The van der Waals surface area contributed by atoms with Crippen LogP contribution in [0.1, 0.15) is 36.8 Å². The van der Waals surface area contributed by atoms with Crippen LogP contribution in [0, 0.1) is 0 Å². The monoisotopic (exact) mass is 375 g/mol. The summed E-state index contributed by atoms with van der Waals surface area (Å²) in [6.45, 7) is 6.08. The molecule has 0 radical (unpaired) electrons. The van der Waals surface area contributed by atoms with E-state index in [0.29, 0.717) is 13.0 Å². The third-order valence-corrected chi connectivity index (χ3v) is 5.40. The van der Waals surface area contributed by atoms with Crippen molar-refractivity contribution in [3.05, 3.63) is 29.3 Å². The average molecular weight is 375 g/mol. The van der Waals surface area contributed by atoms with Gasteiger partial charge < -0.3 is 25.6 Å². The second kappa shape index (κ2) is 9.60. The topological polar surface area (TPSA) is 89.1 Å². The third-order valence-electron chi connectivity index (χ3n) is 5.40. The molecule has 3 rings (SSSR count). The summed E-state index contributed by atoms with van der Waals surface area (Å²) >= 11 is 0. The molecule has 27 heavy (non-hydrogen) atoms. The fourth-order valence-electron chi connectivity index (χ4n) is 3.84. The number of benzene rings is 1. The number of nitrogens with two attached hydrogens (primary N) is 1. The summed E-state index contributed by atoms with van der Waals surface area (Å²) < 4.78 is 5.57. The van der Waals surface area contributed by atoms with Gasteiger partial charge in [-0.1, -0.05) is 6.42 Å². The van der Waals surface area contributed by atoms with E-state index in [4.69, 9.17) is 10.5 Å². The first-order valence-electron chi connectivity index (χ1n) is 10.0. The Morgan fingerprint density at radius 3 is 2.78 bits per heavy atom. The van der Waals surface area contributed by atoms with Crippen molar-refractivity contribution in [1.82, 2.24) is 10.2 Å². The van der Waals surface area contributed by atoms with Crippen LogP contribution in [0.15, 0.2) is 18.2 Å². The number of quaternary nitrogens is 1. The molecule has 1 aromatic rings. The normalized spacial score (nSPS) is 16.7. The Kier molecular flexibility index (Phi) is 6.92. The lowest BCUT2D eigenvalue weighted by Gasteiger charge is -2.32. The number of unbranched alkanes of at least 4 members (excludes halogenated alkanes) is 2. The van der Waals surface area contributed by atoms with Crippen LogP contribution in [0.25, 0.3) is 0 Å². The minimum absolute atomic E-state index is 0.256. The molecule has 1 fully saturated rings. The molecule has 4 N–H and O–H groups in total. The van der Waals surface area contributed by atoms with E-state index in [2.05, 4.69) is 23.5 Å². The van der Waals surface area contributed by atoms with Crippen molar-refractivity contribution in [2.24, 2.45) is 5.73 Å². The van der Waals surface area contributed by atoms with E-state index < -0.39 is 6.03 Å². The third kappa shape index (κ3) is 5.85. The van der Waals surface area contributed by atoms with Gasteiger partial charge in [0, 0.05) is 24.9 Å². The van der Waals surface area contributed by atoms with Gasteiger partial charge in [-0.2, -0.15) is 0 Å². The molecule has 0 unspecified atom stereocenters. The van der Waals surface area contributed by atoms with Gasteiger partial charge in [0.25, 0.3) is 0 Å². The molecule has 7 heteroatoms. The molecule has 0 aromatic heterocycles. The van der Waals surface area contributed by atoms with Gasteiger partial charge in [0.15, 0.2) is 0 Å². The van der Waals surface area contributed by atoms with Gasteiger partial charge in [-0.15, -0.1) is 0 Å². The molecule has 0 atom stereocenters. The first-order chi connectivity index (χ1) is 13.1. The maximum Gasteiger partial charge on any atom is 0.312 e. The second-order valence-corrected chi connectivity index (χ2v) is 7.45. The molecule has 2 heterocycles. The van der Waals surface area contributed by atoms with Crippen LogP contribution in [0.4, 0.5) is 4.79 Å². The van der Waals surface area contributed by atoms with Crippen LogP contribution in [0.2, 0.25) is 0 Å². The number of fused-ring (bicyclic) bond motifs is 1. The van der Waals surface area contributed by atoms with Crippen molar-refractivity contribution in [1.29, 1.82) is 0 Å². The van der Waals surface area contributed by atoms with Crippen LogP contribution >= 0.6 is 0 Å². The Hall–Kier alpha value is -2.28. The Bertz CT molecular complexity index is 657.